The zero-order valence-corrected chi connectivity index (χ0v) is 9.40. The van der Waals surface area contributed by atoms with Gasteiger partial charge in [-0.2, -0.15) is 0 Å². The second-order valence-electron chi connectivity index (χ2n) is 2.74. The van der Waals surface area contributed by atoms with Crippen molar-refractivity contribution in [1.82, 2.24) is 0 Å². The number of ether oxygens (including phenoxy) is 1. The fourth-order valence-electron chi connectivity index (χ4n) is 1.06. The van der Waals surface area contributed by atoms with Crippen molar-refractivity contribution >= 4 is 5.97 Å². The van der Waals surface area contributed by atoms with Crippen LogP contribution in [0, 0.1) is 0 Å². The summed E-state index contributed by atoms with van der Waals surface area (Å²) in [6.07, 6.45) is -9.00. The van der Waals surface area contributed by atoms with Gasteiger partial charge in [0, 0.05) is 0 Å². The summed E-state index contributed by atoms with van der Waals surface area (Å²) in [5.41, 5.74) is 0. The Balaban J connectivity index is 0.00000169. The molecule has 0 bridgehead atoms. The SMILES string of the molecule is O=C([O-])[C@H]1O[C@H](O)[C@H](O)[C@@H](O)[C@@H]1O.[Na+]. The second-order valence-corrected chi connectivity index (χ2v) is 2.74. The molecule has 1 heterocycles. The first-order valence-corrected chi connectivity index (χ1v) is 3.53. The van der Waals surface area contributed by atoms with Crippen molar-refractivity contribution in [2.24, 2.45) is 0 Å². The summed E-state index contributed by atoms with van der Waals surface area (Å²) in [5, 5.41) is 46.1. The predicted molar refractivity (Wildman–Crippen MR) is 33.9 cm³/mol. The summed E-state index contributed by atoms with van der Waals surface area (Å²) in [6.45, 7) is 0. The number of carbonyl (C=O) groups is 1. The Morgan fingerprint density at radius 1 is 1.07 bits per heavy atom. The molecule has 0 unspecified atom stereocenters. The van der Waals surface area contributed by atoms with Gasteiger partial charge in [-0.3, -0.25) is 0 Å². The topological polar surface area (TPSA) is 130 Å². The Labute approximate surface area is 101 Å². The van der Waals surface area contributed by atoms with Crippen LogP contribution in [-0.2, 0) is 9.53 Å². The number of carboxylic acids is 1. The Hall–Kier alpha value is 0.270. The van der Waals surface area contributed by atoms with Crippen molar-refractivity contribution in [1.29, 1.82) is 0 Å². The fourth-order valence-corrected chi connectivity index (χ4v) is 1.06. The van der Waals surface area contributed by atoms with Gasteiger partial charge in [-0.05, 0) is 0 Å². The van der Waals surface area contributed by atoms with Crippen molar-refractivity contribution in [2.75, 3.05) is 0 Å². The van der Waals surface area contributed by atoms with Crippen LogP contribution in [-0.4, -0.2) is 57.1 Å². The largest absolute Gasteiger partial charge is 1.00 e. The zero-order chi connectivity index (χ0) is 10.2. The van der Waals surface area contributed by atoms with Gasteiger partial charge < -0.3 is 35.1 Å². The number of rotatable bonds is 1. The molecule has 8 heteroatoms. The van der Waals surface area contributed by atoms with Crippen LogP contribution in [0.3, 0.4) is 0 Å². The van der Waals surface area contributed by atoms with Crippen molar-refractivity contribution in [3.8, 4) is 0 Å². The van der Waals surface area contributed by atoms with Crippen LogP contribution < -0.4 is 34.7 Å². The van der Waals surface area contributed by atoms with Gasteiger partial charge in [0.25, 0.3) is 0 Å². The number of hydrogen-bond acceptors (Lipinski definition) is 7. The molecule has 0 radical (unpaired) electrons. The molecule has 1 aliphatic heterocycles. The van der Waals surface area contributed by atoms with E-state index in [1.54, 1.807) is 0 Å². The molecule has 0 amide bonds. The zero-order valence-electron chi connectivity index (χ0n) is 7.40. The van der Waals surface area contributed by atoms with Crippen molar-refractivity contribution in [3.63, 3.8) is 0 Å². The quantitative estimate of drug-likeness (QED) is 0.320. The predicted octanol–water partition coefficient (Wildman–Crippen LogP) is -7.46. The first-order chi connectivity index (χ1) is 5.95. The van der Waals surface area contributed by atoms with E-state index in [2.05, 4.69) is 4.74 Å². The molecule has 0 saturated carbocycles. The number of carboxylic acid groups (broad SMARTS) is 1. The molecule has 1 fully saturated rings. The first-order valence-electron chi connectivity index (χ1n) is 3.53. The molecule has 1 aliphatic rings. The molecule has 0 aliphatic carbocycles. The van der Waals surface area contributed by atoms with Gasteiger partial charge in [0.05, 0.1) is 5.97 Å². The van der Waals surface area contributed by atoms with E-state index in [0.29, 0.717) is 0 Å². The first kappa shape index (κ1) is 14.3. The third kappa shape index (κ3) is 2.65. The van der Waals surface area contributed by atoms with Crippen LogP contribution in [0.15, 0.2) is 0 Å². The number of hydrogen-bond donors (Lipinski definition) is 4. The maximum Gasteiger partial charge on any atom is 1.00 e. The van der Waals surface area contributed by atoms with Crippen LogP contribution in [0.2, 0.25) is 0 Å². The van der Waals surface area contributed by atoms with Gasteiger partial charge in [0.1, 0.15) is 24.4 Å². The Kier molecular flexibility index (Phi) is 5.48. The van der Waals surface area contributed by atoms with Crippen molar-refractivity contribution in [3.05, 3.63) is 0 Å². The van der Waals surface area contributed by atoms with Gasteiger partial charge in [-0.1, -0.05) is 0 Å². The molecular weight excluding hydrogens is 207 g/mol. The fraction of sp³-hybridized carbons (Fsp3) is 0.833. The molecule has 0 aromatic rings. The number of aliphatic hydroxyl groups excluding tert-OH is 4. The van der Waals surface area contributed by atoms with E-state index in [4.69, 9.17) is 20.4 Å². The molecule has 1 rings (SSSR count). The summed E-state index contributed by atoms with van der Waals surface area (Å²) < 4.78 is 4.28. The normalized spacial score (nSPS) is 42.7. The van der Waals surface area contributed by atoms with Gasteiger partial charge in [-0.25, -0.2) is 0 Å². The molecule has 0 spiro atoms. The van der Waals surface area contributed by atoms with E-state index in [9.17, 15) is 9.90 Å². The van der Waals surface area contributed by atoms with E-state index in [1.807, 2.05) is 0 Å². The van der Waals surface area contributed by atoms with Gasteiger partial charge in [0.15, 0.2) is 6.29 Å². The Bertz CT molecular complexity index is 210. The number of carbonyl (C=O) groups excluding carboxylic acids is 1. The molecule has 5 atom stereocenters. The average molecular weight is 216 g/mol. The maximum absolute atomic E-state index is 10.3. The molecule has 76 valence electrons. The summed E-state index contributed by atoms with van der Waals surface area (Å²) in [4.78, 5) is 10.3. The maximum atomic E-state index is 10.3. The minimum absolute atomic E-state index is 0. The number of aliphatic carboxylic acids is 1. The van der Waals surface area contributed by atoms with Gasteiger partial charge >= 0.3 is 29.6 Å². The van der Waals surface area contributed by atoms with E-state index >= 15 is 0 Å². The third-order valence-electron chi connectivity index (χ3n) is 1.82. The average Bonchev–Trinajstić information content (AvgIpc) is 2.07. The van der Waals surface area contributed by atoms with Crippen LogP contribution in [0.25, 0.3) is 0 Å². The minimum Gasteiger partial charge on any atom is -0.547 e. The summed E-state index contributed by atoms with van der Waals surface area (Å²) in [7, 11) is 0. The van der Waals surface area contributed by atoms with Crippen LogP contribution >= 0.6 is 0 Å². The minimum atomic E-state index is -1.85. The Morgan fingerprint density at radius 3 is 2.00 bits per heavy atom. The van der Waals surface area contributed by atoms with Crippen LogP contribution in [0.4, 0.5) is 0 Å². The third-order valence-corrected chi connectivity index (χ3v) is 1.82. The standard InChI is InChI=1S/C6H10O7.Na/c7-1-2(8)4(5(10)11)13-6(12)3(1)9;/h1-4,6-9,12H,(H,10,11);/q;+1/p-1/t1-,2-,3+,4-,6-;/m0./s1. The van der Waals surface area contributed by atoms with E-state index in [-0.39, 0.29) is 29.6 Å². The van der Waals surface area contributed by atoms with E-state index < -0.39 is 36.7 Å². The summed E-state index contributed by atoms with van der Waals surface area (Å²) in [5.74, 6) is -1.77. The summed E-state index contributed by atoms with van der Waals surface area (Å²) >= 11 is 0. The second kappa shape index (κ2) is 5.38. The molecule has 0 aromatic carbocycles. The molecule has 1 saturated heterocycles. The molecular formula is C6H9NaO7. The molecule has 4 N–H and O–H groups in total. The monoisotopic (exact) mass is 216 g/mol. The molecule has 7 nitrogen and oxygen atoms in total. The molecule has 14 heavy (non-hydrogen) atoms. The number of aliphatic hydroxyl groups is 4. The van der Waals surface area contributed by atoms with Gasteiger partial charge in [0.2, 0.25) is 0 Å². The van der Waals surface area contributed by atoms with Crippen LogP contribution in [0.1, 0.15) is 0 Å². The molecule has 0 aromatic heterocycles. The van der Waals surface area contributed by atoms with Crippen LogP contribution in [0.5, 0.6) is 0 Å². The van der Waals surface area contributed by atoms with Gasteiger partial charge in [-0.15, -0.1) is 0 Å². The Morgan fingerprint density at radius 2 is 1.57 bits per heavy atom. The van der Waals surface area contributed by atoms with E-state index in [1.165, 1.54) is 0 Å². The van der Waals surface area contributed by atoms with Crippen molar-refractivity contribution in [2.45, 2.75) is 30.7 Å². The summed E-state index contributed by atoms with van der Waals surface area (Å²) in [6, 6.07) is 0. The smallest absolute Gasteiger partial charge is 0.547 e. The van der Waals surface area contributed by atoms with Crippen molar-refractivity contribution < 1.29 is 64.6 Å². The van der Waals surface area contributed by atoms with E-state index in [0.717, 1.165) is 0 Å².